The number of methoxy groups -OCH3 is 1. The number of hydrogen-bond donors (Lipinski definition) is 4. The van der Waals surface area contributed by atoms with E-state index in [1.807, 2.05) is 60.7 Å². The zero-order valence-electron chi connectivity index (χ0n) is 28.0. The number of benzene rings is 2. The number of nitrogens with zero attached hydrogens (tertiary/aromatic N) is 3. The van der Waals surface area contributed by atoms with Gasteiger partial charge in [0.15, 0.2) is 0 Å². The number of aliphatic hydroxyl groups is 1. The molecule has 264 valence electrons. The van der Waals surface area contributed by atoms with Crippen LogP contribution in [0.15, 0.2) is 77.9 Å². The number of pyridine rings is 2. The summed E-state index contributed by atoms with van der Waals surface area (Å²) >= 11 is 14.2. The van der Waals surface area contributed by atoms with Crippen LogP contribution in [0.1, 0.15) is 30.4 Å². The molecule has 0 radical (unpaired) electrons. The summed E-state index contributed by atoms with van der Waals surface area (Å²) in [5.41, 5.74) is 6.15. The van der Waals surface area contributed by atoms with Gasteiger partial charge >= 0.3 is 0 Å². The van der Waals surface area contributed by atoms with Gasteiger partial charge in [-0.05, 0) is 36.6 Å². The number of amides is 1. The van der Waals surface area contributed by atoms with Crippen molar-refractivity contribution in [3.05, 3.63) is 105 Å². The molecule has 4 N–H and O–H groups in total. The van der Waals surface area contributed by atoms with Crippen LogP contribution in [0.3, 0.4) is 0 Å². The minimum Gasteiger partial charge on any atom is -0.481 e. The summed E-state index contributed by atoms with van der Waals surface area (Å²) in [6, 6.07) is 19.1. The summed E-state index contributed by atoms with van der Waals surface area (Å²) in [5, 5.41) is 20.8. The largest absolute Gasteiger partial charge is 0.481 e. The molecule has 13 heteroatoms. The fourth-order valence-corrected chi connectivity index (χ4v) is 7.31. The average molecular weight is 730 g/mol. The molecular weight excluding hydrogens is 691 g/mol. The monoisotopic (exact) mass is 728 g/mol. The minimum atomic E-state index is -0.563. The third-order valence-electron chi connectivity index (χ3n) is 9.46. The highest BCUT2D eigenvalue weighted by atomic mass is 35.5. The highest BCUT2D eigenvalue weighted by Gasteiger charge is 2.24. The van der Waals surface area contributed by atoms with Gasteiger partial charge in [0.25, 0.3) is 5.56 Å². The summed E-state index contributed by atoms with van der Waals surface area (Å²) in [4.78, 5) is 34.1. The maximum Gasteiger partial charge on any atom is 0.262 e. The number of halogens is 2. The maximum atomic E-state index is 13.3. The van der Waals surface area contributed by atoms with Crippen LogP contribution < -0.4 is 26.2 Å². The van der Waals surface area contributed by atoms with Gasteiger partial charge in [0.2, 0.25) is 11.8 Å². The molecule has 5 heterocycles. The normalized spacial score (nSPS) is 19.0. The molecule has 11 nitrogen and oxygen atoms in total. The van der Waals surface area contributed by atoms with Crippen molar-refractivity contribution >= 4 is 34.8 Å². The minimum absolute atomic E-state index is 0.0604. The molecular formula is C38H38Cl2N6O5. The highest BCUT2D eigenvalue weighted by Crippen LogP contribution is 2.42. The molecule has 5 aromatic rings. The summed E-state index contributed by atoms with van der Waals surface area (Å²) in [5.74, 6) is 0.528. The van der Waals surface area contributed by atoms with Crippen molar-refractivity contribution in [1.82, 2.24) is 30.3 Å². The van der Waals surface area contributed by atoms with E-state index in [0.29, 0.717) is 72.1 Å². The molecule has 0 spiro atoms. The summed E-state index contributed by atoms with van der Waals surface area (Å²) in [6.45, 7) is 2.34. The van der Waals surface area contributed by atoms with Gasteiger partial charge in [0.1, 0.15) is 5.65 Å². The maximum absolute atomic E-state index is 13.3. The molecule has 1 amide bonds. The lowest BCUT2D eigenvalue weighted by molar-refractivity contribution is -0.119. The first-order chi connectivity index (χ1) is 24.8. The summed E-state index contributed by atoms with van der Waals surface area (Å²) < 4.78 is 12.5. The molecule has 0 bridgehead atoms. The number of nitrogens with one attached hydrogen (secondary N) is 3. The van der Waals surface area contributed by atoms with Crippen molar-refractivity contribution in [1.29, 1.82) is 0 Å². The summed E-state index contributed by atoms with van der Waals surface area (Å²) in [6.07, 6.45) is 4.78. The topological polar surface area (TPSA) is 139 Å². The van der Waals surface area contributed by atoms with E-state index in [1.165, 1.54) is 4.40 Å². The lowest BCUT2D eigenvalue weighted by Crippen LogP contribution is -2.46. The zero-order valence-corrected chi connectivity index (χ0v) is 29.5. The number of rotatable bonds is 11. The quantitative estimate of drug-likeness (QED) is 0.148. The Hall–Kier alpha value is -4.36. The van der Waals surface area contributed by atoms with Crippen molar-refractivity contribution in [2.24, 2.45) is 0 Å². The molecule has 0 aliphatic carbocycles. The zero-order chi connectivity index (χ0) is 35.5. The van der Waals surface area contributed by atoms with Gasteiger partial charge in [-0.2, -0.15) is 0 Å². The standard InChI is InChI=1S/C38H38Cl2N6O5/c1-50-37-23(18-42-31-13-15-51-21-32(31)47)8-10-30(45-37)29-7-3-6-28(36(29)40)27-5-2-4-26(35(27)39)22-12-14-46-33(16-22)43-19-24(38(46)49)17-41-20-25-9-11-34(48)44-25/h2-8,10,12,14,16,19,25,31-32,41-42,47H,9,11,13,15,17-18,20-21H2,1H3,(H,44,48)/t25-,31+,32-/m1/s1. The molecule has 51 heavy (non-hydrogen) atoms. The molecule has 3 atom stereocenters. The van der Waals surface area contributed by atoms with E-state index in [9.17, 15) is 14.7 Å². The third-order valence-corrected chi connectivity index (χ3v) is 10.3. The number of aromatic nitrogens is 3. The smallest absolute Gasteiger partial charge is 0.262 e. The number of carbonyl (C=O) groups is 1. The van der Waals surface area contributed by atoms with Gasteiger partial charge in [-0.25, -0.2) is 9.97 Å². The highest BCUT2D eigenvalue weighted by molar-refractivity contribution is 6.39. The first kappa shape index (κ1) is 35.1. The van der Waals surface area contributed by atoms with E-state index in [2.05, 4.69) is 20.9 Å². The molecule has 2 aliphatic heterocycles. The lowest BCUT2D eigenvalue weighted by atomic mass is 9.97. The van der Waals surface area contributed by atoms with E-state index in [4.69, 9.17) is 37.7 Å². The van der Waals surface area contributed by atoms with Crippen molar-refractivity contribution in [2.45, 2.75) is 50.5 Å². The Morgan fingerprint density at radius 3 is 2.49 bits per heavy atom. The van der Waals surface area contributed by atoms with Gasteiger partial charge in [0, 0.05) is 90.5 Å². The van der Waals surface area contributed by atoms with Crippen LogP contribution in [-0.4, -0.2) is 70.4 Å². The summed E-state index contributed by atoms with van der Waals surface area (Å²) in [7, 11) is 1.58. The molecule has 7 rings (SSSR count). The van der Waals surface area contributed by atoms with Gasteiger partial charge in [0.05, 0.1) is 35.6 Å². The van der Waals surface area contributed by atoms with Crippen LogP contribution >= 0.6 is 23.2 Å². The second-order valence-corrected chi connectivity index (χ2v) is 13.5. The fraction of sp³-hybridized carbons (Fsp3) is 0.316. The van der Waals surface area contributed by atoms with E-state index < -0.39 is 6.10 Å². The SMILES string of the molecule is COc1nc(-c2cccc(-c3cccc(-c4ccn5c(=O)c(CNC[C@H]6CCC(=O)N6)cnc5c4)c3Cl)c2Cl)ccc1CN[C@H]1CCOC[C@H]1O. The Balaban J connectivity index is 1.12. The van der Waals surface area contributed by atoms with Crippen LogP contribution in [0.5, 0.6) is 5.88 Å². The third kappa shape index (κ3) is 7.50. The molecule has 3 aromatic heterocycles. The lowest BCUT2D eigenvalue weighted by Gasteiger charge is -2.28. The number of carbonyl (C=O) groups excluding carboxylic acids is 1. The molecule has 2 saturated heterocycles. The molecule has 2 fully saturated rings. The first-order valence-corrected chi connectivity index (χ1v) is 17.7. The van der Waals surface area contributed by atoms with Crippen molar-refractivity contribution in [2.75, 3.05) is 26.9 Å². The van der Waals surface area contributed by atoms with E-state index in [0.717, 1.165) is 46.2 Å². The predicted octanol–water partition coefficient (Wildman–Crippen LogP) is 5.01. The molecule has 2 aliphatic rings. The molecule has 2 aromatic carbocycles. The Labute approximate surface area is 305 Å². The van der Waals surface area contributed by atoms with Crippen LogP contribution in [0.2, 0.25) is 10.0 Å². The van der Waals surface area contributed by atoms with Gasteiger partial charge in [-0.1, -0.05) is 65.7 Å². The van der Waals surface area contributed by atoms with Gasteiger partial charge < -0.3 is 30.5 Å². The Morgan fingerprint density at radius 1 is 0.980 bits per heavy atom. The van der Waals surface area contributed by atoms with E-state index in [1.54, 1.807) is 19.5 Å². The van der Waals surface area contributed by atoms with Crippen molar-refractivity contribution in [3.63, 3.8) is 0 Å². The number of fused-ring (bicyclic) bond motifs is 1. The number of hydrogen-bond acceptors (Lipinski definition) is 9. The first-order valence-electron chi connectivity index (χ1n) is 16.9. The van der Waals surface area contributed by atoms with E-state index in [-0.39, 0.29) is 23.6 Å². The number of aliphatic hydroxyl groups excluding tert-OH is 1. The predicted molar refractivity (Wildman–Crippen MR) is 197 cm³/mol. The Bertz CT molecular complexity index is 2140. The molecule has 0 saturated carbocycles. The van der Waals surface area contributed by atoms with Crippen LogP contribution in [0.25, 0.3) is 39.2 Å². The fourth-order valence-electron chi connectivity index (χ4n) is 6.65. The van der Waals surface area contributed by atoms with Crippen LogP contribution in [0.4, 0.5) is 0 Å². The van der Waals surface area contributed by atoms with Crippen LogP contribution in [-0.2, 0) is 22.6 Å². The van der Waals surface area contributed by atoms with Gasteiger partial charge in [-0.3, -0.25) is 14.0 Å². The molecule has 0 unspecified atom stereocenters. The Morgan fingerprint density at radius 2 is 1.75 bits per heavy atom. The second-order valence-electron chi connectivity index (χ2n) is 12.8. The number of ether oxygens (including phenoxy) is 2. The van der Waals surface area contributed by atoms with Gasteiger partial charge in [-0.15, -0.1) is 0 Å². The second kappa shape index (κ2) is 15.5. The van der Waals surface area contributed by atoms with Crippen molar-refractivity contribution in [3.8, 4) is 39.4 Å². The van der Waals surface area contributed by atoms with Crippen LogP contribution in [0, 0.1) is 0 Å². The Kier molecular flexibility index (Phi) is 10.6. The average Bonchev–Trinajstić information content (AvgIpc) is 3.57. The van der Waals surface area contributed by atoms with Crippen molar-refractivity contribution < 1.29 is 19.4 Å². The van der Waals surface area contributed by atoms with E-state index >= 15 is 0 Å².